The summed E-state index contributed by atoms with van der Waals surface area (Å²) in [6.07, 6.45) is 3.40. The van der Waals surface area contributed by atoms with Gasteiger partial charge in [-0.2, -0.15) is 0 Å². The van der Waals surface area contributed by atoms with Crippen LogP contribution in [-0.2, 0) is 4.79 Å². The van der Waals surface area contributed by atoms with E-state index in [0.717, 1.165) is 11.1 Å². The summed E-state index contributed by atoms with van der Waals surface area (Å²) in [4.78, 5) is 18.3. The number of carbonyl (C=O) groups excluding carboxylic acids is 1. The Morgan fingerprint density at radius 2 is 1.21 bits per heavy atom. The standard InChI is InChI=1S/C20H16N6O2/c21-25-23-17-5-1-13(2-6-17)9-15-11-19(27)12-16(20(15)28)10-14-3-7-18(8-4-14)24-26-22/h1-10,19,27H,11-12H2/b15-9+,16-10+. The number of rotatable bonds is 4. The Labute approximate surface area is 160 Å². The van der Waals surface area contributed by atoms with Gasteiger partial charge in [0.25, 0.3) is 0 Å². The van der Waals surface area contributed by atoms with Crippen LogP contribution in [0.1, 0.15) is 24.0 Å². The van der Waals surface area contributed by atoms with Gasteiger partial charge in [0.1, 0.15) is 0 Å². The molecule has 8 heteroatoms. The number of aliphatic hydroxyl groups is 1. The topological polar surface area (TPSA) is 135 Å². The maximum atomic E-state index is 12.8. The number of Topliss-reactive ketones (excluding diaryl/α,β-unsaturated/α-hetero) is 1. The van der Waals surface area contributed by atoms with Gasteiger partial charge in [-0.25, -0.2) is 0 Å². The Morgan fingerprint density at radius 3 is 1.57 bits per heavy atom. The monoisotopic (exact) mass is 372 g/mol. The van der Waals surface area contributed by atoms with Gasteiger partial charge in [-0.15, -0.1) is 0 Å². The van der Waals surface area contributed by atoms with Crippen molar-refractivity contribution in [2.75, 3.05) is 0 Å². The van der Waals surface area contributed by atoms with E-state index < -0.39 is 6.10 Å². The van der Waals surface area contributed by atoms with Gasteiger partial charge in [-0.1, -0.05) is 58.8 Å². The van der Waals surface area contributed by atoms with Crippen LogP contribution >= 0.6 is 0 Å². The van der Waals surface area contributed by atoms with Gasteiger partial charge in [0, 0.05) is 45.2 Å². The van der Waals surface area contributed by atoms with E-state index in [1.165, 1.54) is 0 Å². The number of ketones is 1. The van der Waals surface area contributed by atoms with Crippen molar-refractivity contribution in [3.05, 3.63) is 91.7 Å². The third-order valence-corrected chi connectivity index (χ3v) is 4.28. The minimum absolute atomic E-state index is 0.108. The van der Waals surface area contributed by atoms with E-state index in [2.05, 4.69) is 20.1 Å². The lowest BCUT2D eigenvalue weighted by Crippen LogP contribution is -2.23. The molecule has 28 heavy (non-hydrogen) atoms. The number of azide groups is 2. The molecule has 0 spiro atoms. The number of benzene rings is 2. The summed E-state index contributed by atoms with van der Waals surface area (Å²) in [5.41, 5.74) is 20.5. The molecule has 1 saturated carbocycles. The predicted octanol–water partition coefficient (Wildman–Crippen LogP) is 5.76. The third-order valence-electron chi connectivity index (χ3n) is 4.28. The quantitative estimate of drug-likeness (QED) is 0.316. The van der Waals surface area contributed by atoms with E-state index in [9.17, 15) is 9.90 Å². The normalized spacial score (nSPS) is 19.2. The van der Waals surface area contributed by atoms with Crippen LogP contribution < -0.4 is 0 Å². The SMILES string of the molecule is [N-]=[N+]=Nc1ccc(/C=C2\CC(O)C/C(=C\c3ccc(N=[N+]=[N-])cc3)C2=O)cc1. The van der Waals surface area contributed by atoms with Crippen molar-refractivity contribution in [2.45, 2.75) is 18.9 Å². The Kier molecular flexibility index (Phi) is 5.89. The molecule has 0 bridgehead atoms. The third kappa shape index (κ3) is 4.66. The van der Waals surface area contributed by atoms with E-state index in [4.69, 9.17) is 11.1 Å². The zero-order valence-electron chi connectivity index (χ0n) is 14.8. The molecule has 2 aromatic carbocycles. The average Bonchev–Trinajstić information content (AvgIpc) is 2.69. The molecule has 138 valence electrons. The zero-order chi connectivity index (χ0) is 19.9. The molecular weight excluding hydrogens is 356 g/mol. The Hall–Kier alpha value is -3.83. The van der Waals surface area contributed by atoms with Crippen LogP contribution in [0.25, 0.3) is 33.0 Å². The Balaban J connectivity index is 1.87. The van der Waals surface area contributed by atoms with Crippen molar-refractivity contribution < 1.29 is 9.90 Å². The number of aliphatic hydroxyl groups excluding tert-OH is 1. The van der Waals surface area contributed by atoms with E-state index >= 15 is 0 Å². The van der Waals surface area contributed by atoms with Gasteiger partial charge in [-0.05, 0) is 34.3 Å². The van der Waals surface area contributed by atoms with Gasteiger partial charge in [-0.3, -0.25) is 4.79 Å². The highest BCUT2D eigenvalue weighted by Gasteiger charge is 2.26. The van der Waals surface area contributed by atoms with E-state index in [-0.39, 0.29) is 18.6 Å². The van der Waals surface area contributed by atoms with E-state index in [0.29, 0.717) is 22.5 Å². The van der Waals surface area contributed by atoms with Crippen LogP contribution in [-0.4, -0.2) is 17.0 Å². The summed E-state index contributed by atoms with van der Waals surface area (Å²) < 4.78 is 0. The maximum absolute atomic E-state index is 12.8. The second-order valence-electron chi connectivity index (χ2n) is 6.29. The molecule has 8 nitrogen and oxygen atoms in total. The summed E-state index contributed by atoms with van der Waals surface area (Å²) in [6, 6.07) is 13.7. The Morgan fingerprint density at radius 1 is 0.821 bits per heavy atom. The van der Waals surface area contributed by atoms with Crippen molar-refractivity contribution in [1.29, 1.82) is 0 Å². The second kappa shape index (κ2) is 8.70. The summed E-state index contributed by atoms with van der Waals surface area (Å²) in [5, 5.41) is 17.2. The summed E-state index contributed by atoms with van der Waals surface area (Å²) in [6.45, 7) is 0. The molecule has 2 aromatic rings. The fourth-order valence-electron chi connectivity index (χ4n) is 3.00. The lowest BCUT2D eigenvalue weighted by Gasteiger charge is -2.21. The first kappa shape index (κ1) is 18.9. The summed E-state index contributed by atoms with van der Waals surface area (Å²) in [7, 11) is 0. The highest BCUT2D eigenvalue weighted by molar-refractivity contribution is 6.14. The van der Waals surface area contributed by atoms with Crippen molar-refractivity contribution >= 4 is 29.3 Å². The summed E-state index contributed by atoms with van der Waals surface area (Å²) in [5.74, 6) is -0.108. The van der Waals surface area contributed by atoms with Gasteiger partial charge in [0.2, 0.25) is 0 Å². The molecule has 0 aliphatic heterocycles. The van der Waals surface area contributed by atoms with Crippen LogP contribution in [0.2, 0.25) is 0 Å². The smallest absolute Gasteiger partial charge is 0.185 e. The maximum Gasteiger partial charge on any atom is 0.185 e. The van der Waals surface area contributed by atoms with Gasteiger partial charge < -0.3 is 5.11 Å². The molecule has 0 heterocycles. The second-order valence-corrected chi connectivity index (χ2v) is 6.29. The van der Waals surface area contributed by atoms with Crippen LogP contribution in [0.4, 0.5) is 11.4 Å². The fraction of sp³-hybridized carbons (Fsp3) is 0.150. The minimum atomic E-state index is -0.639. The number of hydrogen-bond donors (Lipinski definition) is 1. The van der Waals surface area contributed by atoms with Crippen LogP contribution in [0.3, 0.4) is 0 Å². The van der Waals surface area contributed by atoms with Gasteiger partial charge in [0.05, 0.1) is 6.10 Å². The van der Waals surface area contributed by atoms with Gasteiger partial charge in [0.15, 0.2) is 5.78 Å². The van der Waals surface area contributed by atoms with E-state index in [1.54, 1.807) is 60.7 Å². The highest BCUT2D eigenvalue weighted by atomic mass is 16.3. The molecular formula is C20H16N6O2. The first-order chi connectivity index (χ1) is 13.6. The Bertz CT molecular complexity index is 958. The zero-order valence-corrected chi connectivity index (χ0v) is 14.8. The molecule has 0 aromatic heterocycles. The molecule has 0 atom stereocenters. The van der Waals surface area contributed by atoms with Crippen molar-refractivity contribution in [1.82, 2.24) is 0 Å². The van der Waals surface area contributed by atoms with Crippen molar-refractivity contribution in [3.8, 4) is 0 Å². The van der Waals surface area contributed by atoms with Gasteiger partial charge >= 0.3 is 0 Å². The molecule has 0 saturated heterocycles. The average molecular weight is 372 g/mol. The fourth-order valence-corrected chi connectivity index (χ4v) is 3.00. The van der Waals surface area contributed by atoms with E-state index in [1.807, 2.05) is 0 Å². The first-order valence-electron chi connectivity index (χ1n) is 8.53. The number of carbonyl (C=O) groups is 1. The molecule has 0 unspecified atom stereocenters. The molecule has 1 aliphatic rings. The molecule has 0 radical (unpaired) electrons. The molecule has 0 amide bonds. The molecule has 1 N–H and O–H groups in total. The number of hydrogen-bond acceptors (Lipinski definition) is 4. The lowest BCUT2D eigenvalue weighted by molar-refractivity contribution is -0.113. The largest absolute Gasteiger partial charge is 0.392 e. The molecule has 1 aliphatic carbocycles. The summed E-state index contributed by atoms with van der Waals surface area (Å²) >= 11 is 0. The highest BCUT2D eigenvalue weighted by Crippen LogP contribution is 2.29. The minimum Gasteiger partial charge on any atom is -0.392 e. The van der Waals surface area contributed by atoms with Crippen molar-refractivity contribution in [3.63, 3.8) is 0 Å². The molecule has 3 rings (SSSR count). The number of nitrogens with zero attached hydrogens (tertiary/aromatic N) is 6. The lowest BCUT2D eigenvalue weighted by atomic mass is 9.85. The first-order valence-corrected chi connectivity index (χ1v) is 8.53. The van der Waals surface area contributed by atoms with Crippen LogP contribution in [0.5, 0.6) is 0 Å². The van der Waals surface area contributed by atoms with Crippen LogP contribution in [0.15, 0.2) is 69.9 Å². The molecule has 1 fully saturated rings. The van der Waals surface area contributed by atoms with Crippen molar-refractivity contribution in [2.24, 2.45) is 10.2 Å². The predicted molar refractivity (Wildman–Crippen MR) is 107 cm³/mol. The van der Waals surface area contributed by atoms with Crippen LogP contribution in [0, 0.1) is 0 Å².